The molecule has 0 aliphatic heterocycles. The van der Waals surface area contributed by atoms with E-state index in [4.69, 9.17) is 11.6 Å². The van der Waals surface area contributed by atoms with Crippen molar-refractivity contribution in [3.05, 3.63) is 64.4 Å². The molecule has 0 unspecified atom stereocenters. The van der Waals surface area contributed by atoms with E-state index in [0.717, 1.165) is 16.1 Å². The quantitative estimate of drug-likeness (QED) is 0.721. The Morgan fingerprint density at radius 2 is 1.82 bits per heavy atom. The molecule has 28 heavy (non-hydrogen) atoms. The van der Waals surface area contributed by atoms with Crippen LogP contribution in [0.4, 0.5) is 10.1 Å². The van der Waals surface area contributed by atoms with Crippen molar-refractivity contribution in [2.24, 2.45) is 0 Å². The Labute approximate surface area is 170 Å². The molecule has 0 saturated carbocycles. The molecule has 0 aliphatic carbocycles. The highest BCUT2D eigenvalue weighted by atomic mass is 35.5. The summed E-state index contributed by atoms with van der Waals surface area (Å²) >= 11 is 6.16. The summed E-state index contributed by atoms with van der Waals surface area (Å²) in [5, 5.41) is 3.23. The standard InChI is InChI=1S/C20H24ClFN2O3S/c1-5-19(20(25)23-14(3)15-7-9-16(22)10-8-15)24(28(4,26)27)17-11-6-13(2)18(21)12-17/h6-12,14,19H,5H2,1-4H3,(H,23,25)/t14-,19+/m0/s1. The maximum Gasteiger partial charge on any atom is 0.244 e. The molecule has 0 fully saturated rings. The summed E-state index contributed by atoms with van der Waals surface area (Å²) in [6.07, 6.45) is 1.32. The van der Waals surface area contributed by atoms with Gasteiger partial charge in [-0.15, -0.1) is 0 Å². The molecule has 2 aromatic carbocycles. The maximum atomic E-state index is 13.1. The molecule has 0 heterocycles. The van der Waals surface area contributed by atoms with Crippen LogP contribution in [0.15, 0.2) is 42.5 Å². The first kappa shape index (κ1) is 22.2. The minimum atomic E-state index is -3.75. The van der Waals surface area contributed by atoms with E-state index in [1.54, 1.807) is 38.1 Å². The number of anilines is 1. The lowest BCUT2D eigenvalue weighted by atomic mass is 10.1. The SMILES string of the molecule is CC[C@H](C(=O)N[C@@H](C)c1ccc(F)cc1)N(c1ccc(C)c(Cl)c1)S(C)(=O)=O. The zero-order chi connectivity index (χ0) is 21.1. The number of sulfonamides is 1. The van der Waals surface area contributed by atoms with Crippen LogP contribution in [0.1, 0.15) is 37.4 Å². The molecule has 0 radical (unpaired) electrons. The fourth-order valence-electron chi connectivity index (χ4n) is 2.92. The van der Waals surface area contributed by atoms with Gasteiger partial charge in [-0.2, -0.15) is 0 Å². The normalized spacial score (nSPS) is 13.6. The van der Waals surface area contributed by atoms with E-state index < -0.39 is 28.0 Å². The Bertz CT molecular complexity index is 948. The molecule has 8 heteroatoms. The van der Waals surface area contributed by atoms with Gasteiger partial charge < -0.3 is 5.32 Å². The maximum absolute atomic E-state index is 13.1. The first-order valence-corrected chi connectivity index (χ1v) is 11.1. The molecule has 1 amide bonds. The van der Waals surface area contributed by atoms with Gasteiger partial charge in [0, 0.05) is 5.02 Å². The fraction of sp³-hybridized carbons (Fsp3) is 0.350. The Morgan fingerprint density at radius 3 is 2.32 bits per heavy atom. The van der Waals surface area contributed by atoms with Gasteiger partial charge in [0.05, 0.1) is 18.0 Å². The third-order valence-electron chi connectivity index (χ3n) is 4.47. The largest absolute Gasteiger partial charge is 0.348 e. The zero-order valence-electron chi connectivity index (χ0n) is 16.2. The molecule has 0 aromatic heterocycles. The molecule has 0 spiro atoms. The van der Waals surface area contributed by atoms with Crippen molar-refractivity contribution in [1.82, 2.24) is 5.32 Å². The Hall–Kier alpha value is -2.12. The number of aryl methyl sites for hydroxylation is 1. The smallest absolute Gasteiger partial charge is 0.244 e. The number of nitrogens with one attached hydrogen (secondary N) is 1. The highest BCUT2D eigenvalue weighted by Crippen LogP contribution is 2.28. The van der Waals surface area contributed by atoms with Crippen molar-refractivity contribution in [3.8, 4) is 0 Å². The highest BCUT2D eigenvalue weighted by Gasteiger charge is 2.32. The lowest BCUT2D eigenvalue weighted by molar-refractivity contribution is -0.122. The molecule has 1 N–H and O–H groups in total. The van der Waals surface area contributed by atoms with E-state index in [9.17, 15) is 17.6 Å². The van der Waals surface area contributed by atoms with Gasteiger partial charge in [0.15, 0.2) is 0 Å². The molecule has 2 rings (SSSR count). The first-order valence-electron chi connectivity index (χ1n) is 8.86. The van der Waals surface area contributed by atoms with E-state index in [0.29, 0.717) is 16.3 Å². The first-order chi connectivity index (χ1) is 13.0. The van der Waals surface area contributed by atoms with E-state index in [2.05, 4.69) is 5.32 Å². The third-order valence-corrected chi connectivity index (χ3v) is 6.06. The highest BCUT2D eigenvalue weighted by molar-refractivity contribution is 7.92. The average molecular weight is 427 g/mol. The summed E-state index contributed by atoms with van der Waals surface area (Å²) in [6.45, 7) is 5.30. The minimum absolute atomic E-state index is 0.264. The van der Waals surface area contributed by atoms with Crippen molar-refractivity contribution in [3.63, 3.8) is 0 Å². The number of carbonyl (C=O) groups excluding carboxylic acids is 1. The van der Waals surface area contributed by atoms with Crippen LogP contribution in [0, 0.1) is 12.7 Å². The van der Waals surface area contributed by atoms with Crippen LogP contribution >= 0.6 is 11.6 Å². The van der Waals surface area contributed by atoms with E-state index in [-0.39, 0.29) is 12.2 Å². The van der Waals surface area contributed by atoms with Crippen LogP contribution in [-0.2, 0) is 14.8 Å². The van der Waals surface area contributed by atoms with Crippen LogP contribution in [0.2, 0.25) is 5.02 Å². The van der Waals surface area contributed by atoms with E-state index >= 15 is 0 Å². The number of rotatable bonds is 7. The molecule has 152 valence electrons. The molecule has 0 aliphatic rings. The van der Waals surface area contributed by atoms with Gasteiger partial charge in [-0.1, -0.05) is 36.7 Å². The summed E-state index contributed by atoms with van der Waals surface area (Å²) < 4.78 is 39.2. The van der Waals surface area contributed by atoms with Gasteiger partial charge in [0.25, 0.3) is 0 Å². The van der Waals surface area contributed by atoms with Crippen LogP contribution in [0.25, 0.3) is 0 Å². The minimum Gasteiger partial charge on any atom is -0.348 e. The summed E-state index contributed by atoms with van der Waals surface area (Å²) in [7, 11) is -3.75. The predicted octanol–water partition coefficient (Wildman–Crippen LogP) is 4.21. The molecule has 0 saturated heterocycles. The van der Waals surface area contributed by atoms with Crippen LogP contribution in [0.5, 0.6) is 0 Å². The van der Waals surface area contributed by atoms with Gasteiger partial charge in [0.2, 0.25) is 15.9 Å². The van der Waals surface area contributed by atoms with E-state index in [1.165, 1.54) is 18.2 Å². The van der Waals surface area contributed by atoms with Crippen LogP contribution in [0.3, 0.4) is 0 Å². The molecule has 5 nitrogen and oxygen atoms in total. The monoisotopic (exact) mass is 426 g/mol. The van der Waals surface area contributed by atoms with Gasteiger partial charge in [-0.25, -0.2) is 12.8 Å². The Balaban J connectivity index is 2.33. The predicted molar refractivity (Wildman–Crippen MR) is 111 cm³/mol. The average Bonchev–Trinajstić information content (AvgIpc) is 2.61. The van der Waals surface area contributed by atoms with Crippen LogP contribution < -0.4 is 9.62 Å². The molecule has 2 aromatic rings. The summed E-state index contributed by atoms with van der Waals surface area (Å²) in [5.41, 5.74) is 1.85. The van der Waals surface area contributed by atoms with Gasteiger partial charge in [-0.05, 0) is 55.7 Å². The van der Waals surface area contributed by atoms with Crippen LogP contribution in [-0.4, -0.2) is 26.6 Å². The Kier molecular flexibility index (Phi) is 7.06. The third kappa shape index (κ3) is 5.23. The number of carbonyl (C=O) groups is 1. The number of hydrogen-bond donors (Lipinski definition) is 1. The van der Waals surface area contributed by atoms with Crippen molar-refractivity contribution >= 4 is 33.2 Å². The second-order valence-electron chi connectivity index (χ2n) is 6.70. The van der Waals surface area contributed by atoms with E-state index in [1.807, 2.05) is 6.92 Å². The molecule has 0 bridgehead atoms. The number of nitrogens with zero attached hydrogens (tertiary/aromatic N) is 1. The molecular weight excluding hydrogens is 403 g/mol. The fourth-order valence-corrected chi connectivity index (χ4v) is 4.30. The lowest BCUT2D eigenvalue weighted by Gasteiger charge is -2.31. The second-order valence-corrected chi connectivity index (χ2v) is 8.96. The zero-order valence-corrected chi connectivity index (χ0v) is 17.8. The van der Waals surface area contributed by atoms with Gasteiger partial charge in [0.1, 0.15) is 11.9 Å². The Morgan fingerprint density at radius 1 is 1.21 bits per heavy atom. The van der Waals surface area contributed by atoms with Crippen molar-refractivity contribution in [2.75, 3.05) is 10.6 Å². The molecule has 2 atom stereocenters. The van der Waals surface area contributed by atoms with Gasteiger partial charge >= 0.3 is 0 Å². The van der Waals surface area contributed by atoms with Crippen molar-refractivity contribution < 1.29 is 17.6 Å². The van der Waals surface area contributed by atoms with Gasteiger partial charge in [-0.3, -0.25) is 9.10 Å². The number of benzene rings is 2. The summed E-state index contributed by atoms with van der Waals surface area (Å²) in [6, 6.07) is 9.30. The topological polar surface area (TPSA) is 66.5 Å². The number of hydrogen-bond acceptors (Lipinski definition) is 3. The summed E-state index contributed by atoms with van der Waals surface area (Å²) in [4.78, 5) is 12.9. The molecular formula is C20H24ClFN2O3S. The number of amides is 1. The second kappa shape index (κ2) is 8.92. The number of halogens is 2. The van der Waals surface area contributed by atoms with Crippen molar-refractivity contribution in [2.45, 2.75) is 39.3 Å². The summed E-state index contributed by atoms with van der Waals surface area (Å²) in [5.74, 6) is -0.811. The van der Waals surface area contributed by atoms with Crippen molar-refractivity contribution in [1.29, 1.82) is 0 Å². The lowest BCUT2D eigenvalue weighted by Crippen LogP contribution is -2.49.